The van der Waals surface area contributed by atoms with E-state index >= 15 is 0 Å². The summed E-state index contributed by atoms with van der Waals surface area (Å²) >= 11 is 7.68. The number of thioether (sulfide) groups is 1. The van der Waals surface area contributed by atoms with E-state index < -0.39 is 0 Å². The summed E-state index contributed by atoms with van der Waals surface area (Å²) in [6.07, 6.45) is 2.39. The number of hydrogen-bond acceptors (Lipinski definition) is 6. The molecule has 2 aliphatic rings. The smallest absolute Gasteiger partial charge is 0.283 e. The molecule has 184 valence electrons. The van der Waals surface area contributed by atoms with Crippen molar-refractivity contribution < 1.29 is 19.1 Å². The molecule has 1 saturated heterocycles. The number of methoxy groups -OCH3 is 1. The summed E-state index contributed by atoms with van der Waals surface area (Å²) < 4.78 is 10.7. The molecular formula is C26H28ClN3O4S. The van der Waals surface area contributed by atoms with Crippen molar-refractivity contribution in [2.45, 2.75) is 25.5 Å². The van der Waals surface area contributed by atoms with Gasteiger partial charge >= 0.3 is 0 Å². The van der Waals surface area contributed by atoms with Crippen molar-refractivity contribution in [1.29, 1.82) is 0 Å². The Morgan fingerprint density at radius 2 is 2.00 bits per heavy atom. The quantitative estimate of drug-likeness (QED) is 0.520. The van der Waals surface area contributed by atoms with Crippen LogP contribution in [-0.2, 0) is 14.3 Å². The van der Waals surface area contributed by atoms with Crippen molar-refractivity contribution in [3.8, 4) is 5.75 Å². The van der Waals surface area contributed by atoms with Gasteiger partial charge in [-0.25, -0.2) is 4.99 Å². The van der Waals surface area contributed by atoms with Gasteiger partial charge < -0.3 is 14.4 Å². The predicted molar refractivity (Wildman–Crippen MR) is 141 cm³/mol. The Kier molecular flexibility index (Phi) is 8.15. The third-order valence-corrected chi connectivity index (χ3v) is 7.52. The lowest BCUT2D eigenvalue weighted by atomic mass is 10.1. The van der Waals surface area contributed by atoms with E-state index in [9.17, 15) is 9.59 Å². The number of carbonyl (C=O) groups is 2. The van der Waals surface area contributed by atoms with Gasteiger partial charge in [-0.3, -0.25) is 14.5 Å². The number of morpholine rings is 1. The number of aliphatic imine (C=N–C) groups is 1. The number of anilines is 1. The van der Waals surface area contributed by atoms with Gasteiger partial charge in [-0.05, 0) is 48.7 Å². The van der Waals surface area contributed by atoms with Gasteiger partial charge in [0.15, 0.2) is 5.17 Å². The molecule has 1 fully saturated rings. The largest absolute Gasteiger partial charge is 0.495 e. The first kappa shape index (κ1) is 25.3. The summed E-state index contributed by atoms with van der Waals surface area (Å²) in [5.74, 6) is 0.267. The first-order valence-electron chi connectivity index (χ1n) is 11.5. The van der Waals surface area contributed by atoms with Crippen LogP contribution < -0.4 is 9.64 Å². The van der Waals surface area contributed by atoms with Gasteiger partial charge in [0.1, 0.15) is 11.4 Å². The van der Waals surface area contributed by atoms with Crippen LogP contribution in [0, 0.1) is 6.92 Å². The minimum absolute atomic E-state index is 0.0278. The predicted octanol–water partition coefficient (Wildman–Crippen LogP) is 4.77. The highest BCUT2D eigenvalue weighted by Crippen LogP contribution is 2.36. The van der Waals surface area contributed by atoms with Crippen molar-refractivity contribution in [2.24, 2.45) is 4.99 Å². The van der Waals surface area contributed by atoms with E-state index in [2.05, 4.69) is 0 Å². The fraction of sp³-hybridized carbons (Fsp3) is 0.346. The number of hydrogen-bond donors (Lipinski definition) is 0. The normalized spacial score (nSPS) is 18.1. The molecule has 0 aromatic heterocycles. The molecule has 0 saturated carbocycles. The van der Waals surface area contributed by atoms with Crippen molar-refractivity contribution in [2.75, 3.05) is 38.3 Å². The lowest BCUT2D eigenvalue weighted by Crippen LogP contribution is -2.45. The van der Waals surface area contributed by atoms with Crippen LogP contribution in [0.25, 0.3) is 6.08 Å². The molecule has 2 aliphatic heterocycles. The minimum atomic E-state index is -0.381. The van der Waals surface area contributed by atoms with Gasteiger partial charge in [0.2, 0.25) is 5.91 Å². The van der Waals surface area contributed by atoms with E-state index in [1.807, 2.05) is 43.0 Å². The van der Waals surface area contributed by atoms with E-state index in [-0.39, 0.29) is 17.1 Å². The molecule has 0 radical (unpaired) electrons. The zero-order valence-electron chi connectivity index (χ0n) is 20.0. The molecule has 0 N–H and O–H groups in total. The Morgan fingerprint density at radius 3 is 2.66 bits per heavy atom. The number of nitrogens with zero attached hydrogens (tertiary/aromatic N) is 3. The Hall–Kier alpha value is -2.81. The number of aryl methyl sites for hydroxylation is 1. The van der Waals surface area contributed by atoms with Crippen LogP contribution in [0.15, 0.2) is 53.2 Å². The van der Waals surface area contributed by atoms with E-state index in [4.69, 9.17) is 26.1 Å². The Balaban J connectivity index is 1.70. The molecule has 2 aromatic rings. The molecule has 2 aromatic carbocycles. The lowest BCUT2D eigenvalue weighted by Gasteiger charge is -2.30. The number of halogens is 1. The maximum absolute atomic E-state index is 13.6. The highest BCUT2D eigenvalue weighted by molar-refractivity contribution is 8.15. The van der Waals surface area contributed by atoms with E-state index in [1.54, 1.807) is 24.3 Å². The van der Waals surface area contributed by atoms with Crippen molar-refractivity contribution in [3.05, 3.63) is 64.3 Å². The average Bonchev–Trinajstić information content (AvgIpc) is 3.18. The number of amidine groups is 1. The molecule has 0 bridgehead atoms. The van der Waals surface area contributed by atoms with E-state index in [0.29, 0.717) is 60.0 Å². The summed E-state index contributed by atoms with van der Waals surface area (Å²) in [5, 5.41) is 0.452. The highest BCUT2D eigenvalue weighted by Gasteiger charge is 2.36. The third-order valence-electron chi connectivity index (χ3n) is 5.92. The SMILES string of the molecule is CCC(SC1=NC(=Cc2ccccc2C)C(=O)N1c1ccc(OC)c(Cl)c1)C(=O)N1CCOCC1. The molecule has 35 heavy (non-hydrogen) atoms. The second-order valence-electron chi connectivity index (χ2n) is 8.19. The molecule has 1 unspecified atom stereocenters. The van der Waals surface area contributed by atoms with Crippen LogP contribution in [0.1, 0.15) is 24.5 Å². The number of ether oxygens (including phenoxy) is 2. The molecule has 0 spiro atoms. The summed E-state index contributed by atoms with van der Waals surface area (Å²) in [6.45, 7) is 6.15. The third kappa shape index (κ3) is 5.55. The van der Waals surface area contributed by atoms with Crippen LogP contribution in [0.5, 0.6) is 5.75 Å². The maximum atomic E-state index is 13.6. The summed E-state index contributed by atoms with van der Waals surface area (Å²) in [5.41, 5.74) is 2.82. The van der Waals surface area contributed by atoms with E-state index in [0.717, 1.165) is 11.1 Å². The first-order chi connectivity index (χ1) is 16.9. The van der Waals surface area contributed by atoms with Crippen molar-refractivity contribution in [1.82, 2.24) is 4.90 Å². The van der Waals surface area contributed by atoms with Crippen LogP contribution in [-0.4, -0.2) is 60.5 Å². The fourth-order valence-electron chi connectivity index (χ4n) is 3.92. The van der Waals surface area contributed by atoms with Gasteiger partial charge in [0.05, 0.1) is 36.3 Å². The summed E-state index contributed by atoms with van der Waals surface area (Å²) in [6, 6.07) is 13.0. The first-order valence-corrected chi connectivity index (χ1v) is 12.8. The molecule has 1 atom stereocenters. The zero-order chi connectivity index (χ0) is 24.9. The van der Waals surface area contributed by atoms with Gasteiger partial charge in [-0.1, -0.05) is 54.6 Å². The Morgan fingerprint density at radius 1 is 1.26 bits per heavy atom. The molecular weight excluding hydrogens is 486 g/mol. The standard InChI is InChI=1S/C26H28ClN3O4S/c1-4-23(25(32)29-11-13-34-14-12-29)35-26-28-21(15-18-8-6-5-7-17(18)2)24(31)30(26)19-9-10-22(33-3)20(27)16-19/h5-10,15-16,23H,4,11-14H2,1-3H3. The molecule has 2 amide bonds. The molecule has 0 aliphatic carbocycles. The zero-order valence-corrected chi connectivity index (χ0v) is 21.6. The average molecular weight is 514 g/mol. The summed E-state index contributed by atoms with van der Waals surface area (Å²) in [7, 11) is 1.54. The van der Waals surface area contributed by atoms with Gasteiger partial charge in [-0.2, -0.15) is 0 Å². The van der Waals surface area contributed by atoms with Crippen molar-refractivity contribution >= 4 is 52.1 Å². The highest BCUT2D eigenvalue weighted by atomic mass is 35.5. The van der Waals surface area contributed by atoms with E-state index in [1.165, 1.54) is 23.8 Å². The lowest BCUT2D eigenvalue weighted by molar-refractivity contribution is -0.134. The molecule has 2 heterocycles. The molecule has 9 heteroatoms. The second-order valence-corrected chi connectivity index (χ2v) is 9.77. The maximum Gasteiger partial charge on any atom is 0.283 e. The molecule has 4 rings (SSSR count). The Labute approximate surface area is 214 Å². The number of rotatable bonds is 6. The number of benzene rings is 2. The fourth-order valence-corrected chi connectivity index (χ4v) is 5.28. The van der Waals surface area contributed by atoms with Gasteiger partial charge in [0.25, 0.3) is 5.91 Å². The van der Waals surface area contributed by atoms with Crippen LogP contribution >= 0.6 is 23.4 Å². The van der Waals surface area contributed by atoms with Crippen LogP contribution in [0.3, 0.4) is 0 Å². The van der Waals surface area contributed by atoms with Gasteiger partial charge in [0, 0.05) is 13.1 Å². The topological polar surface area (TPSA) is 71.4 Å². The van der Waals surface area contributed by atoms with Crippen LogP contribution in [0.2, 0.25) is 5.02 Å². The van der Waals surface area contributed by atoms with Gasteiger partial charge in [-0.15, -0.1) is 0 Å². The monoisotopic (exact) mass is 513 g/mol. The number of carbonyl (C=O) groups excluding carboxylic acids is 2. The minimum Gasteiger partial charge on any atom is -0.495 e. The molecule has 7 nitrogen and oxygen atoms in total. The Bertz CT molecular complexity index is 1180. The summed E-state index contributed by atoms with van der Waals surface area (Å²) in [4.78, 5) is 34.9. The van der Waals surface area contributed by atoms with Crippen LogP contribution in [0.4, 0.5) is 5.69 Å². The number of amides is 2. The second kappa shape index (κ2) is 11.3. The van der Waals surface area contributed by atoms with Crippen molar-refractivity contribution in [3.63, 3.8) is 0 Å².